The van der Waals surface area contributed by atoms with Crippen molar-refractivity contribution in [3.05, 3.63) is 70.8 Å². The molecule has 0 spiro atoms. The molecule has 2 aromatic rings. The highest BCUT2D eigenvalue weighted by Gasteiger charge is 2.28. The molecule has 7 heteroatoms. The third-order valence-corrected chi connectivity index (χ3v) is 4.98. The van der Waals surface area contributed by atoms with Gasteiger partial charge in [-0.2, -0.15) is 0 Å². The second-order valence-electron chi connectivity index (χ2n) is 7.48. The smallest absolute Gasteiger partial charge is 0.324 e. The molecule has 0 radical (unpaired) electrons. The van der Waals surface area contributed by atoms with Crippen molar-refractivity contribution < 1.29 is 14.4 Å². The van der Waals surface area contributed by atoms with E-state index in [0.717, 1.165) is 10.5 Å². The van der Waals surface area contributed by atoms with E-state index in [1.54, 1.807) is 24.3 Å². The molecule has 0 bridgehead atoms. The zero-order valence-corrected chi connectivity index (χ0v) is 16.6. The Morgan fingerprint density at radius 1 is 1.14 bits per heavy atom. The minimum absolute atomic E-state index is 0.00897. The van der Waals surface area contributed by atoms with Gasteiger partial charge in [0.1, 0.15) is 0 Å². The lowest BCUT2D eigenvalue weighted by atomic mass is 9.99. The van der Waals surface area contributed by atoms with Crippen molar-refractivity contribution in [2.75, 3.05) is 13.1 Å². The first-order valence-corrected chi connectivity index (χ1v) is 9.66. The number of carbonyl (C=O) groups is 3. The number of hydrogen-bond donors (Lipinski definition) is 3. The van der Waals surface area contributed by atoms with Gasteiger partial charge in [0.25, 0.3) is 5.91 Å². The summed E-state index contributed by atoms with van der Waals surface area (Å²) in [6, 6.07) is 14.2. The molecule has 1 aliphatic rings. The predicted molar refractivity (Wildman–Crippen MR) is 110 cm³/mol. The molecule has 1 unspecified atom stereocenters. The first-order chi connectivity index (χ1) is 13.8. The topological polar surface area (TPSA) is 105 Å². The molecule has 4 N–H and O–H groups in total. The van der Waals surface area contributed by atoms with Crippen LogP contribution < -0.4 is 16.4 Å². The van der Waals surface area contributed by atoms with Crippen molar-refractivity contribution in [1.29, 1.82) is 0 Å². The van der Waals surface area contributed by atoms with E-state index in [0.29, 0.717) is 23.6 Å². The van der Waals surface area contributed by atoms with E-state index in [4.69, 9.17) is 5.73 Å². The SMILES string of the molecule is CC(C)c1ccc(C(N)CNC(=O)c2cccc(CN3C(=O)CNC3=O)c2)cc1. The predicted octanol–water partition coefficient (Wildman–Crippen LogP) is 2.29. The number of nitrogens with zero attached hydrogens (tertiary/aromatic N) is 1. The van der Waals surface area contributed by atoms with Crippen molar-refractivity contribution in [3.8, 4) is 0 Å². The quantitative estimate of drug-likeness (QED) is 0.627. The summed E-state index contributed by atoms with van der Waals surface area (Å²) in [6.45, 7) is 4.71. The van der Waals surface area contributed by atoms with Crippen LogP contribution in [0.2, 0.25) is 0 Å². The van der Waals surface area contributed by atoms with Crippen molar-refractivity contribution >= 4 is 17.8 Å². The number of carbonyl (C=O) groups excluding carboxylic acids is 3. The van der Waals surface area contributed by atoms with Crippen molar-refractivity contribution in [3.63, 3.8) is 0 Å². The molecular weight excluding hydrogens is 368 g/mol. The lowest BCUT2D eigenvalue weighted by Gasteiger charge is -2.15. The van der Waals surface area contributed by atoms with E-state index in [1.807, 2.05) is 12.1 Å². The molecule has 1 saturated heterocycles. The Bertz CT molecular complexity index is 893. The summed E-state index contributed by atoms with van der Waals surface area (Å²) >= 11 is 0. The fourth-order valence-electron chi connectivity index (χ4n) is 3.16. The molecule has 4 amide bonds. The van der Waals surface area contributed by atoms with Gasteiger partial charge in [-0.05, 0) is 34.7 Å². The van der Waals surface area contributed by atoms with Crippen molar-refractivity contribution in [2.45, 2.75) is 32.4 Å². The lowest BCUT2D eigenvalue weighted by molar-refractivity contribution is -0.125. The van der Waals surface area contributed by atoms with Gasteiger partial charge in [-0.25, -0.2) is 4.79 Å². The Kier molecular flexibility index (Phi) is 6.29. The molecule has 7 nitrogen and oxygen atoms in total. The number of nitrogens with two attached hydrogens (primary N) is 1. The van der Waals surface area contributed by atoms with Crippen LogP contribution in [-0.4, -0.2) is 35.8 Å². The van der Waals surface area contributed by atoms with Gasteiger partial charge in [-0.3, -0.25) is 14.5 Å². The summed E-state index contributed by atoms with van der Waals surface area (Å²) in [7, 11) is 0. The molecular formula is C22H26N4O3. The molecule has 1 heterocycles. The molecule has 1 atom stereocenters. The lowest BCUT2D eigenvalue weighted by Crippen LogP contribution is -2.32. The molecule has 0 aromatic heterocycles. The second-order valence-corrected chi connectivity index (χ2v) is 7.48. The molecule has 2 aromatic carbocycles. The van der Waals surface area contributed by atoms with Crippen LogP contribution in [0.25, 0.3) is 0 Å². The monoisotopic (exact) mass is 394 g/mol. The summed E-state index contributed by atoms with van der Waals surface area (Å²) in [5.41, 5.74) is 9.58. The van der Waals surface area contributed by atoms with Crippen molar-refractivity contribution in [2.24, 2.45) is 5.73 Å². The Labute approximate surface area is 170 Å². The van der Waals surface area contributed by atoms with Crippen LogP contribution in [0.4, 0.5) is 4.79 Å². The summed E-state index contributed by atoms with van der Waals surface area (Å²) in [6.07, 6.45) is 0. The molecule has 1 fully saturated rings. The second kappa shape index (κ2) is 8.87. The zero-order chi connectivity index (χ0) is 21.0. The maximum absolute atomic E-state index is 12.5. The highest BCUT2D eigenvalue weighted by atomic mass is 16.2. The summed E-state index contributed by atoms with van der Waals surface area (Å²) < 4.78 is 0. The van der Waals surface area contributed by atoms with Gasteiger partial charge < -0.3 is 16.4 Å². The first-order valence-electron chi connectivity index (χ1n) is 9.66. The van der Waals surface area contributed by atoms with Crippen LogP contribution >= 0.6 is 0 Å². The zero-order valence-electron chi connectivity index (χ0n) is 16.6. The number of hydrogen-bond acceptors (Lipinski definition) is 4. The highest BCUT2D eigenvalue weighted by Crippen LogP contribution is 2.17. The highest BCUT2D eigenvalue weighted by molar-refractivity contribution is 6.02. The normalized spacial score (nSPS) is 14.8. The minimum Gasteiger partial charge on any atom is -0.350 e. The van der Waals surface area contributed by atoms with E-state index >= 15 is 0 Å². The average molecular weight is 394 g/mol. The Morgan fingerprint density at radius 2 is 1.83 bits per heavy atom. The van der Waals surface area contributed by atoms with Crippen molar-refractivity contribution in [1.82, 2.24) is 15.5 Å². The summed E-state index contributed by atoms with van der Waals surface area (Å²) in [5, 5.41) is 5.33. The fraction of sp³-hybridized carbons (Fsp3) is 0.318. The van der Waals surface area contributed by atoms with Gasteiger partial charge in [0.05, 0.1) is 13.1 Å². The Balaban J connectivity index is 1.59. The van der Waals surface area contributed by atoms with Crippen LogP contribution in [0.3, 0.4) is 0 Å². The fourth-order valence-corrected chi connectivity index (χ4v) is 3.16. The number of nitrogens with one attached hydrogen (secondary N) is 2. The summed E-state index contributed by atoms with van der Waals surface area (Å²) in [4.78, 5) is 37.1. The van der Waals surface area contributed by atoms with Crippen LogP contribution in [0.5, 0.6) is 0 Å². The van der Waals surface area contributed by atoms with Gasteiger partial charge in [-0.15, -0.1) is 0 Å². The average Bonchev–Trinajstić information content (AvgIpc) is 3.04. The van der Waals surface area contributed by atoms with Gasteiger partial charge in [-0.1, -0.05) is 50.2 Å². The van der Waals surface area contributed by atoms with Crippen LogP contribution in [-0.2, 0) is 11.3 Å². The molecule has 1 aliphatic heterocycles. The van der Waals surface area contributed by atoms with E-state index in [1.165, 1.54) is 5.56 Å². The first kappa shape index (κ1) is 20.5. The molecule has 0 saturated carbocycles. The van der Waals surface area contributed by atoms with Crippen LogP contribution in [0.15, 0.2) is 48.5 Å². The van der Waals surface area contributed by atoms with Gasteiger partial charge in [0.2, 0.25) is 5.91 Å². The van der Waals surface area contributed by atoms with Crippen LogP contribution in [0, 0.1) is 0 Å². The number of rotatable bonds is 7. The third-order valence-electron chi connectivity index (χ3n) is 4.98. The number of urea groups is 1. The Hall–Kier alpha value is -3.19. The maximum atomic E-state index is 12.5. The standard InChI is InChI=1S/C22H26N4O3/c1-14(2)16-6-8-17(9-7-16)19(23)11-24-21(28)18-5-3-4-15(10-18)13-26-20(27)12-25-22(26)29/h3-10,14,19H,11-13,23H2,1-2H3,(H,24,28)(H,25,29). The Morgan fingerprint density at radius 3 is 2.45 bits per heavy atom. The van der Waals surface area contributed by atoms with Crippen LogP contribution in [0.1, 0.15) is 52.9 Å². The van der Waals surface area contributed by atoms with E-state index < -0.39 is 6.03 Å². The van der Waals surface area contributed by atoms with Gasteiger partial charge in [0.15, 0.2) is 0 Å². The van der Waals surface area contributed by atoms with E-state index in [-0.39, 0.29) is 30.9 Å². The number of imide groups is 1. The number of benzene rings is 2. The largest absolute Gasteiger partial charge is 0.350 e. The molecule has 0 aliphatic carbocycles. The van der Waals surface area contributed by atoms with E-state index in [9.17, 15) is 14.4 Å². The number of amides is 4. The molecule has 29 heavy (non-hydrogen) atoms. The van der Waals surface area contributed by atoms with Gasteiger partial charge in [0, 0.05) is 18.2 Å². The minimum atomic E-state index is -0.417. The van der Waals surface area contributed by atoms with E-state index in [2.05, 4.69) is 36.6 Å². The molecule has 152 valence electrons. The molecule has 3 rings (SSSR count). The maximum Gasteiger partial charge on any atom is 0.324 e. The van der Waals surface area contributed by atoms with Gasteiger partial charge >= 0.3 is 6.03 Å². The third kappa shape index (κ3) is 5.00. The summed E-state index contributed by atoms with van der Waals surface area (Å²) in [5.74, 6) is -0.0770.